The lowest BCUT2D eigenvalue weighted by atomic mass is 9.97. The zero-order valence-electron chi connectivity index (χ0n) is 17.4. The van der Waals surface area contributed by atoms with E-state index in [1.165, 1.54) is 7.11 Å². The predicted molar refractivity (Wildman–Crippen MR) is 106 cm³/mol. The van der Waals surface area contributed by atoms with Crippen LogP contribution in [0.4, 0.5) is 5.69 Å². The van der Waals surface area contributed by atoms with E-state index in [2.05, 4.69) is 12.2 Å². The first kappa shape index (κ1) is 23.0. The summed E-state index contributed by atoms with van der Waals surface area (Å²) in [7, 11) is 1.32. The number of amides is 1. The molecule has 0 fully saturated rings. The molecule has 0 radical (unpaired) electrons. The summed E-state index contributed by atoms with van der Waals surface area (Å²) in [6.07, 6.45) is 3.26. The molecule has 0 aromatic heterocycles. The van der Waals surface area contributed by atoms with Crippen molar-refractivity contribution in [3.05, 3.63) is 23.8 Å². The third-order valence-corrected chi connectivity index (χ3v) is 4.50. The van der Waals surface area contributed by atoms with Gasteiger partial charge >= 0.3 is 5.97 Å². The lowest BCUT2D eigenvalue weighted by molar-refractivity contribution is -0.139. The smallest absolute Gasteiger partial charge is 0.341 e. The molecule has 6 heteroatoms. The molecule has 27 heavy (non-hydrogen) atoms. The van der Waals surface area contributed by atoms with Crippen LogP contribution in [0.15, 0.2) is 18.2 Å². The minimum Gasteiger partial charge on any atom is -0.490 e. The molecule has 152 valence electrons. The number of carbonyl (C=O) groups is 2. The fourth-order valence-corrected chi connectivity index (χ4v) is 2.63. The van der Waals surface area contributed by atoms with E-state index >= 15 is 0 Å². The molecule has 1 rings (SSSR count). The van der Waals surface area contributed by atoms with Crippen LogP contribution in [0, 0.1) is 0 Å². The average molecular weight is 379 g/mol. The monoisotopic (exact) mass is 379 g/mol. The van der Waals surface area contributed by atoms with Gasteiger partial charge in [0.05, 0.1) is 13.2 Å². The van der Waals surface area contributed by atoms with Crippen molar-refractivity contribution < 1.29 is 23.8 Å². The Morgan fingerprint density at radius 3 is 2.48 bits per heavy atom. The number of methoxy groups -OCH3 is 1. The Hall–Kier alpha value is -2.08. The number of ether oxygens (including phenoxy) is 3. The van der Waals surface area contributed by atoms with Gasteiger partial charge in [-0.1, -0.05) is 26.7 Å². The topological polar surface area (TPSA) is 73.9 Å². The maximum Gasteiger partial charge on any atom is 0.341 e. The number of esters is 1. The summed E-state index contributed by atoms with van der Waals surface area (Å²) in [5.41, 5.74) is -0.135. The number of carbonyl (C=O) groups excluding carboxylic acids is 2. The average Bonchev–Trinajstić information content (AvgIpc) is 2.66. The Morgan fingerprint density at radius 1 is 1.22 bits per heavy atom. The van der Waals surface area contributed by atoms with E-state index in [9.17, 15) is 9.59 Å². The summed E-state index contributed by atoms with van der Waals surface area (Å²) in [5.74, 6) is -0.306. The minimum atomic E-state index is -0.915. The summed E-state index contributed by atoms with van der Waals surface area (Å²) in [6.45, 7) is 10.1. The van der Waals surface area contributed by atoms with E-state index in [-0.39, 0.29) is 17.6 Å². The first-order valence-electron chi connectivity index (χ1n) is 9.65. The number of hydrogen-bond donors (Lipinski definition) is 1. The lowest BCUT2D eigenvalue weighted by Crippen LogP contribution is -2.42. The van der Waals surface area contributed by atoms with E-state index in [1.54, 1.807) is 25.1 Å². The first-order chi connectivity index (χ1) is 12.8. The Morgan fingerprint density at radius 2 is 1.93 bits per heavy atom. The van der Waals surface area contributed by atoms with Gasteiger partial charge in [0.1, 0.15) is 16.9 Å². The number of unbranched alkanes of at least 4 members (excludes halogenated alkanes) is 1. The molecule has 0 bridgehead atoms. The molecular weight excluding hydrogens is 346 g/mol. The highest BCUT2D eigenvalue weighted by atomic mass is 16.5. The third-order valence-electron chi connectivity index (χ3n) is 4.50. The lowest BCUT2D eigenvalue weighted by Gasteiger charge is -2.28. The molecule has 1 aromatic rings. The van der Waals surface area contributed by atoms with Gasteiger partial charge in [-0.15, -0.1) is 0 Å². The fraction of sp³-hybridized carbons (Fsp3) is 0.619. The first-order valence-corrected chi connectivity index (χ1v) is 9.65. The fourth-order valence-electron chi connectivity index (χ4n) is 2.63. The van der Waals surface area contributed by atoms with Crippen molar-refractivity contribution in [3.8, 4) is 5.75 Å². The Balaban J connectivity index is 3.08. The van der Waals surface area contributed by atoms with Gasteiger partial charge in [-0.2, -0.15) is 0 Å². The summed E-state index contributed by atoms with van der Waals surface area (Å²) in [6, 6.07) is 4.97. The van der Waals surface area contributed by atoms with Gasteiger partial charge in [0.2, 0.25) is 0 Å². The maximum absolute atomic E-state index is 12.8. The maximum atomic E-state index is 12.8. The van der Waals surface area contributed by atoms with Crippen molar-refractivity contribution in [2.75, 3.05) is 19.0 Å². The van der Waals surface area contributed by atoms with Crippen molar-refractivity contribution >= 4 is 17.6 Å². The number of rotatable bonds is 11. The van der Waals surface area contributed by atoms with Gasteiger partial charge in [0.15, 0.2) is 0 Å². The summed E-state index contributed by atoms with van der Waals surface area (Å²) < 4.78 is 16.4. The molecule has 0 unspecified atom stereocenters. The standard InChI is InChI=1S/C21H33NO5/c1-7-10-13-21(5,26-9-3)20(24)22-16-11-12-18(27-15(4)8-2)17(14-16)19(23)25-6/h11-12,14-15H,7-10,13H2,1-6H3,(H,22,24)/t15-,21-/m1/s1. The number of anilines is 1. The molecule has 0 aliphatic heterocycles. The number of hydrogen-bond acceptors (Lipinski definition) is 5. The van der Waals surface area contributed by atoms with Crippen molar-refractivity contribution in [1.29, 1.82) is 0 Å². The minimum absolute atomic E-state index is 0.0378. The van der Waals surface area contributed by atoms with Crippen LogP contribution < -0.4 is 10.1 Å². The number of nitrogens with one attached hydrogen (secondary N) is 1. The molecule has 1 aromatic carbocycles. The second-order valence-corrected chi connectivity index (χ2v) is 6.76. The predicted octanol–water partition coefficient (Wildman–Crippen LogP) is 4.57. The van der Waals surface area contributed by atoms with Gasteiger partial charge in [-0.05, 0) is 51.8 Å². The van der Waals surface area contributed by atoms with Crippen LogP contribution in [0.25, 0.3) is 0 Å². The molecule has 1 amide bonds. The summed E-state index contributed by atoms with van der Waals surface area (Å²) >= 11 is 0. The number of benzene rings is 1. The molecule has 2 atom stereocenters. The van der Waals surface area contributed by atoms with Crippen molar-refractivity contribution in [2.45, 2.75) is 72.0 Å². The van der Waals surface area contributed by atoms with E-state index in [0.717, 1.165) is 19.3 Å². The van der Waals surface area contributed by atoms with Gasteiger partial charge in [0.25, 0.3) is 5.91 Å². The van der Waals surface area contributed by atoms with E-state index in [0.29, 0.717) is 24.5 Å². The van der Waals surface area contributed by atoms with Crippen LogP contribution in [0.1, 0.15) is 70.7 Å². The van der Waals surface area contributed by atoms with Crippen LogP contribution in [0.5, 0.6) is 5.75 Å². The second kappa shape index (κ2) is 10.9. The third kappa shape index (κ3) is 6.54. The van der Waals surface area contributed by atoms with Crippen LogP contribution in [0.2, 0.25) is 0 Å². The SMILES string of the molecule is CCCC[C@@](C)(OCC)C(=O)Nc1ccc(O[C@H](C)CC)c(C(=O)OC)c1. The van der Waals surface area contributed by atoms with Crippen molar-refractivity contribution in [2.24, 2.45) is 0 Å². The van der Waals surface area contributed by atoms with Crippen LogP contribution in [0.3, 0.4) is 0 Å². The Bertz CT molecular complexity index is 631. The Labute approximate surface area is 162 Å². The highest BCUT2D eigenvalue weighted by molar-refractivity contribution is 5.99. The molecule has 0 saturated heterocycles. The van der Waals surface area contributed by atoms with Gasteiger partial charge in [-0.25, -0.2) is 4.79 Å². The second-order valence-electron chi connectivity index (χ2n) is 6.76. The van der Waals surface area contributed by atoms with Gasteiger partial charge in [-0.3, -0.25) is 4.79 Å². The zero-order chi connectivity index (χ0) is 20.4. The van der Waals surface area contributed by atoms with E-state index in [4.69, 9.17) is 14.2 Å². The molecular formula is C21H33NO5. The summed E-state index contributed by atoms with van der Waals surface area (Å²) in [5, 5.41) is 2.86. The Kier molecular flexibility index (Phi) is 9.29. The zero-order valence-corrected chi connectivity index (χ0v) is 17.4. The molecule has 0 heterocycles. The van der Waals surface area contributed by atoms with Crippen molar-refractivity contribution in [1.82, 2.24) is 0 Å². The molecule has 0 aliphatic carbocycles. The molecule has 6 nitrogen and oxygen atoms in total. The van der Waals surface area contributed by atoms with Crippen LogP contribution in [-0.2, 0) is 14.3 Å². The van der Waals surface area contributed by atoms with E-state index in [1.807, 2.05) is 20.8 Å². The van der Waals surface area contributed by atoms with Crippen molar-refractivity contribution in [3.63, 3.8) is 0 Å². The normalized spacial score (nSPS) is 14.1. The highest BCUT2D eigenvalue weighted by Gasteiger charge is 2.33. The quantitative estimate of drug-likeness (QED) is 0.570. The largest absolute Gasteiger partial charge is 0.490 e. The van der Waals surface area contributed by atoms with E-state index < -0.39 is 11.6 Å². The molecule has 1 N–H and O–H groups in total. The molecule has 0 aliphatic rings. The molecule has 0 saturated carbocycles. The van der Waals surface area contributed by atoms with Crippen LogP contribution >= 0.6 is 0 Å². The van der Waals surface area contributed by atoms with Crippen LogP contribution in [-0.4, -0.2) is 37.3 Å². The van der Waals surface area contributed by atoms with Gasteiger partial charge < -0.3 is 19.5 Å². The van der Waals surface area contributed by atoms with Gasteiger partial charge in [0, 0.05) is 12.3 Å². The molecule has 0 spiro atoms. The summed E-state index contributed by atoms with van der Waals surface area (Å²) in [4.78, 5) is 24.9. The highest BCUT2D eigenvalue weighted by Crippen LogP contribution is 2.27.